The van der Waals surface area contributed by atoms with E-state index in [1.54, 1.807) is 12.1 Å². The van der Waals surface area contributed by atoms with E-state index in [-0.39, 0.29) is 29.0 Å². The van der Waals surface area contributed by atoms with E-state index in [9.17, 15) is 13.2 Å². The van der Waals surface area contributed by atoms with Gasteiger partial charge in [-0.1, -0.05) is 18.2 Å². The van der Waals surface area contributed by atoms with Crippen LogP contribution in [0, 0.1) is 17.2 Å². The first-order chi connectivity index (χ1) is 15.3. The smallest absolute Gasteiger partial charge is 0.261 e. The van der Waals surface area contributed by atoms with Crippen molar-refractivity contribution in [1.82, 2.24) is 15.5 Å². The molecule has 3 rings (SSSR count). The molecule has 2 aromatic rings. The van der Waals surface area contributed by atoms with Crippen LogP contribution in [0.3, 0.4) is 0 Å². The summed E-state index contributed by atoms with van der Waals surface area (Å²) in [5.74, 6) is -0.348. The molecule has 1 aliphatic heterocycles. The molecule has 0 saturated carbocycles. The highest BCUT2D eigenvalue weighted by Crippen LogP contribution is 2.26. The van der Waals surface area contributed by atoms with E-state index >= 15 is 0 Å². The SMILES string of the molecule is N=C(N)C1CNCCC1CC(NS(=O)(=O)c1ccc(Oc2ccccc2)cc1)C(=O)NO. The minimum absolute atomic E-state index is 0.0257. The van der Waals surface area contributed by atoms with Gasteiger partial charge in [-0.2, -0.15) is 4.72 Å². The lowest BCUT2D eigenvalue weighted by molar-refractivity contribution is -0.131. The van der Waals surface area contributed by atoms with Crippen molar-refractivity contribution in [3.05, 3.63) is 54.6 Å². The fraction of sp³-hybridized carbons (Fsp3) is 0.333. The van der Waals surface area contributed by atoms with Crippen molar-refractivity contribution in [3.8, 4) is 11.5 Å². The number of amidine groups is 1. The first-order valence-corrected chi connectivity index (χ1v) is 11.6. The Morgan fingerprint density at radius 3 is 2.47 bits per heavy atom. The zero-order valence-corrected chi connectivity index (χ0v) is 18.1. The van der Waals surface area contributed by atoms with Crippen molar-refractivity contribution in [2.75, 3.05) is 13.1 Å². The molecule has 172 valence electrons. The van der Waals surface area contributed by atoms with Crippen LogP contribution >= 0.6 is 0 Å². The topological polar surface area (TPSA) is 167 Å². The molecule has 0 spiro atoms. The van der Waals surface area contributed by atoms with Gasteiger partial charge in [0.1, 0.15) is 17.5 Å². The molecule has 7 N–H and O–H groups in total. The number of carbonyl (C=O) groups excluding carboxylic acids is 1. The Labute approximate surface area is 186 Å². The van der Waals surface area contributed by atoms with E-state index in [2.05, 4.69) is 10.0 Å². The summed E-state index contributed by atoms with van der Waals surface area (Å²) in [7, 11) is -4.07. The molecule has 1 aliphatic rings. The zero-order chi connectivity index (χ0) is 23.1. The van der Waals surface area contributed by atoms with Gasteiger partial charge in [0.15, 0.2) is 0 Å². The number of rotatable bonds is 9. The molecule has 1 fully saturated rings. The molecule has 10 nitrogen and oxygen atoms in total. The van der Waals surface area contributed by atoms with Crippen LogP contribution in [-0.2, 0) is 14.8 Å². The van der Waals surface area contributed by atoms with Crippen LogP contribution in [0.25, 0.3) is 0 Å². The second kappa shape index (κ2) is 10.6. The van der Waals surface area contributed by atoms with Crippen molar-refractivity contribution in [2.45, 2.75) is 23.8 Å². The van der Waals surface area contributed by atoms with Gasteiger partial charge in [0.05, 0.1) is 10.7 Å². The van der Waals surface area contributed by atoms with Gasteiger partial charge >= 0.3 is 0 Å². The first kappa shape index (κ1) is 23.7. The summed E-state index contributed by atoms with van der Waals surface area (Å²) in [6.45, 7) is 1.14. The van der Waals surface area contributed by atoms with Crippen molar-refractivity contribution in [1.29, 1.82) is 5.41 Å². The number of hydroxylamine groups is 1. The number of hydrogen-bond acceptors (Lipinski definition) is 7. The molecular formula is C21H27N5O5S. The van der Waals surface area contributed by atoms with Crippen LogP contribution in [0.1, 0.15) is 12.8 Å². The lowest BCUT2D eigenvalue weighted by atomic mass is 9.81. The average molecular weight is 462 g/mol. The molecule has 2 aromatic carbocycles. The third-order valence-corrected chi connectivity index (χ3v) is 6.89. The molecule has 3 atom stereocenters. The third-order valence-electron chi connectivity index (χ3n) is 5.40. The summed E-state index contributed by atoms with van der Waals surface area (Å²) in [5.41, 5.74) is 7.20. The second-order valence-electron chi connectivity index (χ2n) is 7.59. The van der Waals surface area contributed by atoms with Gasteiger partial charge in [0, 0.05) is 12.5 Å². The monoisotopic (exact) mass is 461 g/mol. The Hall–Kier alpha value is -2.99. The molecule has 0 aromatic heterocycles. The number of sulfonamides is 1. The Bertz CT molecular complexity index is 1030. The predicted octanol–water partition coefficient (Wildman–Crippen LogP) is 1.18. The number of nitrogens with two attached hydrogens (primary N) is 1. The van der Waals surface area contributed by atoms with Crippen LogP contribution in [0.4, 0.5) is 0 Å². The van der Waals surface area contributed by atoms with Gasteiger partial charge in [-0.3, -0.25) is 15.4 Å². The van der Waals surface area contributed by atoms with E-state index < -0.39 is 22.0 Å². The highest BCUT2D eigenvalue weighted by atomic mass is 32.2. The van der Waals surface area contributed by atoms with E-state index in [0.717, 1.165) is 0 Å². The highest BCUT2D eigenvalue weighted by Gasteiger charge is 2.34. The normalized spacial score (nSPS) is 19.7. The van der Waals surface area contributed by atoms with Gasteiger partial charge in [0.25, 0.3) is 5.91 Å². The second-order valence-corrected chi connectivity index (χ2v) is 9.30. The summed E-state index contributed by atoms with van der Waals surface area (Å²) in [6, 6.07) is 13.6. The number of para-hydroxylation sites is 1. The summed E-state index contributed by atoms with van der Waals surface area (Å²) in [6.07, 6.45) is 0.708. The van der Waals surface area contributed by atoms with Crippen LogP contribution in [0.15, 0.2) is 59.5 Å². The molecular weight excluding hydrogens is 434 g/mol. The van der Waals surface area contributed by atoms with Crippen LogP contribution in [0.2, 0.25) is 0 Å². The van der Waals surface area contributed by atoms with Crippen LogP contribution < -0.4 is 26.0 Å². The maximum Gasteiger partial charge on any atom is 0.261 e. The van der Waals surface area contributed by atoms with Gasteiger partial charge < -0.3 is 15.8 Å². The zero-order valence-electron chi connectivity index (χ0n) is 17.3. The first-order valence-electron chi connectivity index (χ1n) is 10.1. The largest absolute Gasteiger partial charge is 0.457 e. The minimum Gasteiger partial charge on any atom is -0.457 e. The number of piperidine rings is 1. The number of nitrogens with one attached hydrogen (secondary N) is 4. The average Bonchev–Trinajstić information content (AvgIpc) is 2.79. The van der Waals surface area contributed by atoms with Crippen molar-refractivity contribution in [3.63, 3.8) is 0 Å². The Morgan fingerprint density at radius 1 is 1.19 bits per heavy atom. The fourth-order valence-electron chi connectivity index (χ4n) is 3.72. The molecule has 0 bridgehead atoms. The number of benzene rings is 2. The maximum absolute atomic E-state index is 12.9. The number of hydrogen-bond donors (Lipinski definition) is 6. The number of carbonyl (C=O) groups is 1. The van der Waals surface area contributed by atoms with Crippen molar-refractivity contribution in [2.24, 2.45) is 17.6 Å². The van der Waals surface area contributed by atoms with Gasteiger partial charge in [0.2, 0.25) is 10.0 Å². The lowest BCUT2D eigenvalue weighted by Gasteiger charge is -2.33. The number of ether oxygens (including phenoxy) is 1. The molecule has 1 heterocycles. The Kier molecular flexibility index (Phi) is 7.80. The van der Waals surface area contributed by atoms with Crippen LogP contribution in [0.5, 0.6) is 11.5 Å². The Balaban J connectivity index is 1.73. The Morgan fingerprint density at radius 2 is 1.84 bits per heavy atom. The quantitative estimate of drug-likeness (QED) is 0.141. The molecule has 1 saturated heterocycles. The fourth-order valence-corrected chi connectivity index (χ4v) is 4.92. The molecule has 11 heteroatoms. The van der Waals surface area contributed by atoms with Gasteiger partial charge in [-0.15, -0.1) is 0 Å². The van der Waals surface area contributed by atoms with Gasteiger partial charge in [-0.25, -0.2) is 13.9 Å². The van der Waals surface area contributed by atoms with E-state index in [1.807, 2.05) is 18.2 Å². The summed E-state index contributed by atoms with van der Waals surface area (Å²) in [5, 5.41) is 20.0. The molecule has 1 amide bonds. The van der Waals surface area contributed by atoms with Crippen molar-refractivity contribution < 1.29 is 23.2 Å². The van der Waals surface area contributed by atoms with E-state index in [4.69, 9.17) is 21.1 Å². The van der Waals surface area contributed by atoms with E-state index in [0.29, 0.717) is 31.0 Å². The van der Waals surface area contributed by atoms with E-state index in [1.165, 1.54) is 29.7 Å². The molecule has 32 heavy (non-hydrogen) atoms. The van der Waals surface area contributed by atoms with Crippen molar-refractivity contribution >= 4 is 21.8 Å². The summed E-state index contributed by atoms with van der Waals surface area (Å²) >= 11 is 0. The maximum atomic E-state index is 12.9. The highest BCUT2D eigenvalue weighted by molar-refractivity contribution is 7.89. The molecule has 0 aliphatic carbocycles. The van der Waals surface area contributed by atoms with Gasteiger partial charge in [-0.05, 0) is 61.7 Å². The third kappa shape index (κ3) is 6.04. The number of amides is 1. The molecule has 3 unspecified atom stereocenters. The standard InChI is InChI=1S/C21H27N5O5S/c22-20(23)18-13-24-11-10-14(18)12-19(21(27)25-28)26-32(29,30)17-8-6-16(7-9-17)31-15-4-2-1-3-5-15/h1-9,14,18-19,24,26,28H,10-13H2,(H3,22,23)(H,25,27). The summed E-state index contributed by atoms with van der Waals surface area (Å²) in [4.78, 5) is 12.2. The summed E-state index contributed by atoms with van der Waals surface area (Å²) < 4.78 is 33.8. The molecule has 0 radical (unpaired) electrons. The predicted molar refractivity (Wildman–Crippen MR) is 118 cm³/mol. The lowest BCUT2D eigenvalue weighted by Crippen LogP contribution is -2.50. The van der Waals surface area contributed by atoms with Crippen LogP contribution in [-0.4, -0.2) is 44.5 Å². The minimum atomic E-state index is -4.07.